The Labute approximate surface area is 252 Å². The highest BCUT2D eigenvalue weighted by Gasteiger charge is 2.18. The molecule has 0 aliphatic carbocycles. The van der Waals surface area contributed by atoms with Crippen LogP contribution in [0.3, 0.4) is 0 Å². The second-order valence-electron chi connectivity index (χ2n) is 9.71. The molecule has 3 heterocycles. The highest BCUT2D eigenvalue weighted by molar-refractivity contribution is 6.19. The SMILES string of the molecule is [2H]c1c([2H])c([2H])c2c(oc3c([2H])c([2H])c4c([2H])c(-c5nc(-c6ccccc6)nc(-c6cccc7oc8ccccc8c67)n5)c([2H])c([2H])c4c32)c1[2H]. The predicted molar refractivity (Wildman–Crippen MR) is 168 cm³/mol. The van der Waals surface area contributed by atoms with Crippen LogP contribution in [0.25, 0.3) is 88.8 Å². The number of hydrogen-bond donors (Lipinski definition) is 0. The number of furan rings is 2. The first-order valence-corrected chi connectivity index (χ1v) is 13.1. The minimum absolute atomic E-state index is 0.0358. The fourth-order valence-electron chi connectivity index (χ4n) is 5.35. The Kier molecular flexibility index (Phi) is 3.34. The third kappa shape index (κ3) is 3.47. The molecule has 0 bridgehead atoms. The summed E-state index contributed by atoms with van der Waals surface area (Å²) >= 11 is 0. The van der Waals surface area contributed by atoms with Crippen LogP contribution in [0, 0.1) is 0 Å². The molecule has 5 heteroatoms. The van der Waals surface area contributed by atoms with Crippen molar-refractivity contribution in [2.24, 2.45) is 0 Å². The van der Waals surface area contributed by atoms with Gasteiger partial charge in [-0.2, -0.15) is 0 Å². The molecule has 0 saturated carbocycles. The van der Waals surface area contributed by atoms with Gasteiger partial charge in [-0.3, -0.25) is 0 Å². The zero-order valence-corrected chi connectivity index (χ0v) is 21.6. The largest absolute Gasteiger partial charge is 0.456 e. The lowest BCUT2D eigenvalue weighted by Crippen LogP contribution is -2.00. The van der Waals surface area contributed by atoms with Gasteiger partial charge < -0.3 is 8.83 Å². The van der Waals surface area contributed by atoms with Gasteiger partial charge in [0.25, 0.3) is 0 Å². The third-order valence-electron chi connectivity index (χ3n) is 7.23. The second kappa shape index (κ2) is 8.85. The number of para-hydroxylation sites is 2. The van der Waals surface area contributed by atoms with E-state index in [-0.39, 0.29) is 55.7 Å². The molecule has 0 spiro atoms. The highest BCUT2D eigenvalue weighted by atomic mass is 16.3. The predicted octanol–water partition coefficient (Wildman–Crippen LogP) is 9.82. The van der Waals surface area contributed by atoms with Crippen LogP contribution >= 0.6 is 0 Å². The summed E-state index contributed by atoms with van der Waals surface area (Å²) in [6.07, 6.45) is 0. The van der Waals surface area contributed by atoms with E-state index in [2.05, 4.69) is 0 Å². The lowest BCUT2D eigenvalue weighted by molar-refractivity contribution is 0.668. The van der Waals surface area contributed by atoms with E-state index >= 15 is 0 Å². The average Bonchev–Trinajstić information content (AvgIpc) is 3.74. The Morgan fingerprint density at radius 3 is 2.17 bits per heavy atom. The van der Waals surface area contributed by atoms with E-state index in [1.807, 2.05) is 72.8 Å². The smallest absolute Gasteiger partial charge is 0.164 e. The number of nitrogens with zero attached hydrogens (tertiary/aromatic N) is 3. The van der Waals surface area contributed by atoms with Gasteiger partial charge in [0.1, 0.15) is 22.3 Å². The van der Waals surface area contributed by atoms with E-state index in [9.17, 15) is 4.11 Å². The first-order valence-electron chi connectivity index (χ1n) is 17.6. The molecule has 42 heavy (non-hydrogen) atoms. The monoisotopic (exact) mass is 548 g/mol. The molecular formula is C37H21N3O2. The van der Waals surface area contributed by atoms with Crippen LogP contribution in [0.1, 0.15) is 12.3 Å². The Bertz CT molecular complexity index is 2980. The minimum atomic E-state index is -0.545. The van der Waals surface area contributed by atoms with E-state index in [1.54, 1.807) is 0 Å². The number of fused-ring (bicyclic) bond motifs is 8. The van der Waals surface area contributed by atoms with Gasteiger partial charge in [0.05, 0.1) is 12.3 Å². The standard InChI is InChI=1S/C37H21N3O2/c1-2-9-22(10-3-1)35-38-36(40-37(39-35)28-13-8-16-31-34(28)27-12-5-7-15-30(27)41-31)24-17-19-25-23(21-24)18-20-32-33(25)26-11-4-6-14-29(26)42-32/h1-21H/i4D,6D,11D,14D,17D,18D,19D,20D,21D. The summed E-state index contributed by atoms with van der Waals surface area (Å²) in [6.45, 7) is 0. The molecule has 196 valence electrons. The van der Waals surface area contributed by atoms with Crippen LogP contribution in [0.15, 0.2) is 136 Å². The van der Waals surface area contributed by atoms with Crippen LogP contribution in [-0.2, 0) is 0 Å². The maximum absolute atomic E-state index is 9.42. The molecular weight excluding hydrogens is 518 g/mol. The van der Waals surface area contributed by atoms with Crippen molar-refractivity contribution in [2.45, 2.75) is 0 Å². The molecule has 0 N–H and O–H groups in total. The van der Waals surface area contributed by atoms with Crippen LogP contribution in [0.4, 0.5) is 0 Å². The minimum Gasteiger partial charge on any atom is -0.456 e. The quantitative estimate of drug-likeness (QED) is 0.220. The molecule has 0 unspecified atom stereocenters. The summed E-state index contributed by atoms with van der Waals surface area (Å²) in [6, 6.07) is 17.9. The van der Waals surface area contributed by atoms with Crippen LogP contribution in [0.5, 0.6) is 0 Å². The highest BCUT2D eigenvalue weighted by Crippen LogP contribution is 2.38. The molecule has 0 aliphatic rings. The summed E-state index contributed by atoms with van der Waals surface area (Å²) < 4.78 is 91.0. The Hall–Kier alpha value is -5.81. The first kappa shape index (κ1) is 15.8. The lowest BCUT2D eigenvalue weighted by atomic mass is 10.0. The van der Waals surface area contributed by atoms with Gasteiger partial charge in [0, 0.05) is 38.2 Å². The fraction of sp³-hybridized carbons (Fsp3) is 0. The van der Waals surface area contributed by atoms with Crippen LogP contribution in [-0.4, -0.2) is 15.0 Å². The van der Waals surface area contributed by atoms with Crippen LogP contribution < -0.4 is 0 Å². The average molecular weight is 549 g/mol. The molecule has 0 amide bonds. The molecule has 9 aromatic rings. The van der Waals surface area contributed by atoms with E-state index in [0.29, 0.717) is 22.3 Å². The van der Waals surface area contributed by atoms with Crippen molar-refractivity contribution >= 4 is 54.6 Å². The number of benzene rings is 6. The van der Waals surface area contributed by atoms with Crippen molar-refractivity contribution < 1.29 is 21.2 Å². The molecule has 0 aliphatic heterocycles. The van der Waals surface area contributed by atoms with Crippen molar-refractivity contribution in [1.29, 1.82) is 0 Å². The van der Waals surface area contributed by atoms with Crippen LogP contribution in [0.2, 0.25) is 0 Å². The summed E-state index contributed by atoms with van der Waals surface area (Å²) in [5.41, 5.74) is 1.88. The Balaban J connectivity index is 1.40. The topological polar surface area (TPSA) is 65.0 Å². The Morgan fingerprint density at radius 1 is 0.476 bits per heavy atom. The van der Waals surface area contributed by atoms with Crippen molar-refractivity contribution in [2.75, 3.05) is 0 Å². The molecule has 6 aromatic carbocycles. The lowest BCUT2D eigenvalue weighted by Gasteiger charge is -2.10. The maximum Gasteiger partial charge on any atom is 0.164 e. The zero-order valence-electron chi connectivity index (χ0n) is 30.6. The molecule has 0 atom stereocenters. The molecule has 0 radical (unpaired) electrons. The van der Waals surface area contributed by atoms with Crippen molar-refractivity contribution in [3.05, 3.63) is 127 Å². The molecule has 0 saturated heterocycles. The van der Waals surface area contributed by atoms with E-state index < -0.39 is 54.4 Å². The number of rotatable bonds is 3. The third-order valence-corrected chi connectivity index (χ3v) is 7.23. The summed E-state index contributed by atoms with van der Waals surface area (Å²) in [7, 11) is 0. The van der Waals surface area contributed by atoms with E-state index in [4.69, 9.17) is 32.0 Å². The summed E-state index contributed by atoms with van der Waals surface area (Å²) in [5, 5.41) is 1.18. The fourth-order valence-corrected chi connectivity index (χ4v) is 5.35. The van der Waals surface area contributed by atoms with Gasteiger partial charge in [-0.15, -0.1) is 0 Å². The van der Waals surface area contributed by atoms with E-state index in [1.165, 1.54) is 0 Å². The first-order chi connectivity index (χ1) is 24.6. The number of aromatic nitrogens is 3. The van der Waals surface area contributed by atoms with Gasteiger partial charge >= 0.3 is 0 Å². The van der Waals surface area contributed by atoms with Gasteiger partial charge in [0.2, 0.25) is 0 Å². The molecule has 9 rings (SSSR count). The van der Waals surface area contributed by atoms with Gasteiger partial charge in [-0.25, -0.2) is 15.0 Å². The maximum atomic E-state index is 9.42. The van der Waals surface area contributed by atoms with Crippen molar-refractivity contribution in [3.63, 3.8) is 0 Å². The van der Waals surface area contributed by atoms with E-state index in [0.717, 1.165) is 10.8 Å². The molecule has 3 aromatic heterocycles. The molecule has 5 nitrogen and oxygen atoms in total. The Morgan fingerprint density at radius 2 is 1.24 bits per heavy atom. The van der Waals surface area contributed by atoms with Gasteiger partial charge in [0.15, 0.2) is 17.5 Å². The second-order valence-corrected chi connectivity index (χ2v) is 9.71. The van der Waals surface area contributed by atoms with Gasteiger partial charge in [-0.1, -0.05) is 96.9 Å². The zero-order chi connectivity index (χ0) is 35.5. The summed E-state index contributed by atoms with van der Waals surface area (Å²) in [5.74, 6) is 0.366. The van der Waals surface area contributed by atoms with Gasteiger partial charge in [-0.05, 0) is 41.0 Å². The van der Waals surface area contributed by atoms with Crippen molar-refractivity contribution in [3.8, 4) is 34.2 Å². The normalized spacial score (nSPS) is 14.8. The molecule has 0 fully saturated rings. The number of hydrogen-bond acceptors (Lipinski definition) is 5. The van der Waals surface area contributed by atoms with Crippen molar-refractivity contribution in [1.82, 2.24) is 15.0 Å². The summed E-state index contributed by atoms with van der Waals surface area (Å²) in [4.78, 5) is 14.3.